The number of hydrogen-bond acceptors (Lipinski definition) is 1. The molecule has 0 unspecified atom stereocenters. The Bertz CT molecular complexity index is 33.9. The molecule has 0 aromatic carbocycles. The number of hydrogen-bond donors (Lipinski definition) is 0. The molecule has 49 valence electrons. The summed E-state index contributed by atoms with van der Waals surface area (Å²) in [5, 5.41) is 0. The number of epoxide rings is 1. The minimum Gasteiger partial charge on any atom is -0.574 e. The summed E-state index contributed by atoms with van der Waals surface area (Å²) < 4.78 is 4.38. The van der Waals surface area contributed by atoms with E-state index in [9.17, 15) is 0 Å². The smallest absolute Gasteiger partial charge is 0.0379 e. The van der Waals surface area contributed by atoms with Crippen molar-refractivity contribution in [2.24, 2.45) is 0 Å². The summed E-state index contributed by atoms with van der Waals surface area (Å²) in [7, 11) is 0.120. The minimum atomic E-state index is 0. The first-order valence-electron chi connectivity index (χ1n) is 2.43. The van der Waals surface area contributed by atoms with Gasteiger partial charge in [-0.3, -0.25) is 0 Å². The van der Waals surface area contributed by atoms with Crippen molar-refractivity contribution in [3.8, 4) is 0 Å². The fraction of sp³-hybridized carbons (Fsp3) is 0.800. The van der Waals surface area contributed by atoms with Crippen LogP contribution in [0.4, 0.5) is 0 Å². The van der Waals surface area contributed by atoms with Gasteiger partial charge in [0, 0.05) is 29.9 Å². The predicted octanol–water partition coefficient (Wildman–Crippen LogP) is 1.55. The van der Waals surface area contributed by atoms with Crippen molar-refractivity contribution in [3.05, 3.63) is 6.61 Å². The third-order valence-electron chi connectivity index (χ3n) is 0.167. The second-order valence-electron chi connectivity index (χ2n) is 2.00. The van der Waals surface area contributed by atoms with Crippen LogP contribution in [-0.4, -0.2) is 15.4 Å². The molecular formula is C5H12OSiW-. The van der Waals surface area contributed by atoms with E-state index < -0.39 is 0 Å². The van der Waals surface area contributed by atoms with Crippen molar-refractivity contribution in [2.45, 2.75) is 19.6 Å². The molecule has 0 aromatic heterocycles. The first-order chi connectivity index (χ1) is 3.23. The summed E-state index contributed by atoms with van der Waals surface area (Å²) in [4.78, 5) is 0. The molecule has 0 N–H and O–H groups in total. The van der Waals surface area contributed by atoms with Crippen molar-refractivity contribution in [1.82, 2.24) is 0 Å². The topological polar surface area (TPSA) is 12.5 Å². The molecule has 1 aliphatic heterocycles. The second kappa shape index (κ2) is 7.87. The van der Waals surface area contributed by atoms with Crippen molar-refractivity contribution in [1.29, 1.82) is 0 Å². The largest absolute Gasteiger partial charge is 0.574 e. The number of rotatable bonds is 0. The molecule has 0 aromatic rings. The van der Waals surface area contributed by atoms with Crippen LogP contribution in [-0.2, 0) is 25.8 Å². The maximum Gasteiger partial charge on any atom is 0.0379 e. The fourth-order valence-corrected chi connectivity index (χ4v) is 0. The number of ether oxygens (including phenoxy) is 1. The van der Waals surface area contributed by atoms with Crippen molar-refractivity contribution in [3.63, 3.8) is 0 Å². The summed E-state index contributed by atoms with van der Waals surface area (Å²) in [6.07, 6.45) is 0. The van der Waals surface area contributed by atoms with Gasteiger partial charge in [-0.15, -0.1) is 0 Å². The quantitative estimate of drug-likeness (QED) is 0.376. The Balaban J connectivity index is 0. The van der Waals surface area contributed by atoms with Crippen LogP contribution in [0.1, 0.15) is 0 Å². The Kier molecular flexibility index (Phi) is 11.4. The van der Waals surface area contributed by atoms with Gasteiger partial charge in [0.1, 0.15) is 0 Å². The van der Waals surface area contributed by atoms with E-state index in [2.05, 4.69) is 24.4 Å². The van der Waals surface area contributed by atoms with Crippen LogP contribution in [0.2, 0.25) is 19.6 Å². The van der Waals surface area contributed by atoms with Gasteiger partial charge in [0.2, 0.25) is 0 Å². The van der Waals surface area contributed by atoms with E-state index in [0.717, 1.165) is 6.61 Å². The molecule has 3 heteroatoms. The molecule has 0 atom stereocenters. The molecule has 1 aliphatic rings. The SMILES string of the molecule is C[Si](C)C.[CH-]1CO1.[W]. The van der Waals surface area contributed by atoms with Gasteiger partial charge in [-0.2, -0.15) is 6.61 Å². The maximum absolute atomic E-state index is 4.38. The Morgan fingerprint density at radius 3 is 1.50 bits per heavy atom. The minimum absolute atomic E-state index is 0. The molecule has 1 heterocycles. The third-order valence-corrected chi connectivity index (χ3v) is 0.167. The van der Waals surface area contributed by atoms with Crippen LogP contribution < -0.4 is 0 Å². The van der Waals surface area contributed by atoms with E-state index >= 15 is 0 Å². The van der Waals surface area contributed by atoms with Crippen LogP contribution in [0.25, 0.3) is 0 Å². The standard InChI is InChI=1S/C3H9Si.C2H3O.W/c1-4(2)3;1-2-3-1;/h1-3H3;1H,2H2;/q;-1;. The molecule has 1 nitrogen and oxygen atoms in total. The molecule has 0 saturated carbocycles. The zero-order valence-electron chi connectivity index (χ0n) is 5.60. The van der Waals surface area contributed by atoms with Gasteiger partial charge in [0.25, 0.3) is 0 Å². The zero-order valence-corrected chi connectivity index (χ0v) is 9.53. The normalized spacial score (nSPS) is 13.5. The maximum atomic E-state index is 4.38. The van der Waals surface area contributed by atoms with Crippen LogP contribution in [0.5, 0.6) is 0 Å². The van der Waals surface area contributed by atoms with Crippen molar-refractivity contribution >= 4 is 8.80 Å². The van der Waals surface area contributed by atoms with E-state index in [-0.39, 0.29) is 29.9 Å². The van der Waals surface area contributed by atoms with Crippen LogP contribution in [0, 0.1) is 6.61 Å². The van der Waals surface area contributed by atoms with Gasteiger partial charge in [-0.1, -0.05) is 26.2 Å². The van der Waals surface area contributed by atoms with Gasteiger partial charge >= 0.3 is 0 Å². The van der Waals surface area contributed by atoms with E-state index in [1.54, 1.807) is 6.61 Å². The van der Waals surface area contributed by atoms with Crippen LogP contribution >= 0.6 is 0 Å². The molecular weight excluding hydrogens is 288 g/mol. The summed E-state index contributed by atoms with van der Waals surface area (Å²) >= 11 is 0. The molecule has 0 amide bonds. The second-order valence-corrected chi connectivity index (χ2v) is 5.00. The molecule has 1 saturated heterocycles. The van der Waals surface area contributed by atoms with Gasteiger partial charge in [0.05, 0.1) is 0 Å². The van der Waals surface area contributed by atoms with Crippen molar-refractivity contribution in [2.75, 3.05) is 6.61 Å². The van der Waals surface area contributed by atoms with Gasteiger partial charge in [-0.25, -0.2) is 0 Å². The molecule has 1 radical (unpaired) electrons. The summed E-state index contributed by atoms with van der Waals surface area (Å²) in [6, 6.07) is 0. The van der Waals surface area contributed by atoms with E-state index in [0.29, 0.717) is 0 Å². The molecule has 8 heavy (non-hydrogen) atoms. The average Bonchev–Trinajstić information content (AvgIpc) is 2.02. The Labute approximate surface area is 67.7 Å². The van der Waals surface area contributed by atoms with E-state index in [1.165, 1.54) is 0 Å². The molecule has 0 aliphatic carbocycles. The van der Waals surface area contributed by atoms with Crippen LogP contribution in [0.3, 0.4) is 0 Å². The zero-order chi connectivity index (χ0) is 5.70. The molecule has 0 bridgehead atoms. The Morgan fingerprint density at radius 2 is 1.50 bits per heavy atom. The Hall–Kier alpha value is 0.865. The molecule has 0 spiro atoms. The first-order valence-corrected chi connectivity index (χ1v) is 5.43. The Morgan fingerprint density at radius 1 is 1.38 bits per heavy atom. The third kappa shape index (κ3) is 67.9. The van der Waals surface area contributed by atoms with E-state index in [4.69, 9.17) is 0 Å². The fourth-order valence-electron chi connectivity index (χ4n) is 0. The summed E-state index contributed by atoms with van der Waals surface area (Å²) in [6.45, 7) is 9.43. The van der Waals surface area contributed by atoms with Crippen molar-refractivity contribution < 1.29 is 25.8 Å². The molecule has 1 rings (SSSR count). The first kappa shape index (κ1) is 11.6. The summed E-state index contributed by atoms with van der Waals surface area (Å²) in [5.74, 6) is 0. The van der Waals surface area contributed by atoms with Crippen LogP contribution in [0.15, 0.2) is 0 Å². The average molecular weight is 300 g/mol. The van der Waals surface area contributed by atoms with Gasteiger partial charge in [0.15, 0.2) is 0 Å². The predicted molar refractivity (Wildman–Crippen MR) is 33.6 cm³/mol. The molecule has 1 fully saturated rings. The monoisotopic (exact) mass is 300 g/mol. The summed E-state index contributed by atoms with van der Waals surface area (Å²) in [5.41, 5.74) is 0. The van der Waals surface area contributed by atoms with Gasteiger partial charge in [-0.05, 0) is 0 Å². The van der Waals surface area contributed by atoms with E-state index in [1.807, 2.05) is 0 Å². The van der Waals surface area contributed by atoms with Gasteiger partial charge < -0.3 is 4.74 Å².